The van der Waals surface area contributed by atoms with E-state index < -0.39 is 15.9 Å². The van der Waals surface area contributed by atoms with Gasteiger partial charge in [-0.1, -0.05) is 12.8 Å². The molecular formula is C20H29N3O6S. The summed E-state index contributed by atoms with van der Waals surface area (Å²) in [5.41, 5.74) is 0.213. The largest absolute Gasteiger partial charge is 0.495 e. The first-order valence-corrected chi connectivity index (χ1v) is 11.7. The van der Waals surface area contributed by atoms with Gasteiger partial charge in [0.1, 0.15) is 10.6 Å². The van der Waals surface area contributed by atoms with Gasteiger partial charge in [0.05, 0.1) is 20.3 Å². The van der Waals surface area contributed by atoms with E-state index in [1.807, 2.05) is 0 Å². The third-order valence-electron chi connectivity index (χ3n) is 5.45. The average molecular weight is 440 g/mol. The van der Waals surface area contributed by atoms with Crippen LogP contribution in [0.2, 0.25) is 0 Å². The minimum atomic E-state index is -3.82. The van der Waals surface area contributed by atoms with Crippen molar-refractivity contribution in [3.05, 3.63) is 23.8 Å². The summed E-state index contributed by atoms with van der Waals surface area (Å²) in [6, 6.07) is 4.32. The van der Waals surface area contributed by atoms with Gasteiger partial charge in [-0.15, -0.1) is 0 Å². The van der Waals surface area contributed by atoms with Crippen LogP contribution in [0.4, 0.5) is 0 Å². The molecule has 2 amide bonds. The van der Waals surface area contributed by atoms with Crippen LogP contribution in [0.1, 0.15) is 36.0 Å². The van der Waals surface area contributed by atoms with E-state index in [2.05, 4.69) is 10.6 Å². The Kier molecular flexibility index (Phi) is 7.68. The predicted octanol–water partition coefficient (Wildman–Crippen LogP) is 0.752. The van der Waals surface area contributed by atoms with Crippen LogP contribution in [0.15, 0.2) is 23.1 Å². The minimum absolute atomic E-state index is 0.0325. The zero-order valence-electron chi connectivity index (χ0n) is 17.2. The first-order valence-electron chi connectivity index (χ1n) is 10.3. The van der Waals surface area contributed by atoms with E-state index in [4.69, 9.17) is 9.47 Å². The second-order valence-electron chi connectivity index (χ2n) is 7.41. The van der Waals surface area contributed by atoms with Crippen LogP contribution in [-0.4, -0.2) is 71.0 Å². The fourth-order valence-electron chi connectivity index (χ4n) is 3.74. The zero-order chi connectivity index (χ0) is 21.6. The topological polar surface area (TPSA) is 114 Å². The molecule has 10 heteroatoms. The van der Waals surface area contributed by atoms with Crippen molar-refractivity contribution in [2.75, 3.05) is 46.5 Å². The van der Waals surface area contributed by atoms with Gasteiger partial charge in [-0.2, -0.15) is 4.31 Å². The Labute approximate surface area is 177 Å². The number of nitrogens with zero attached hydrogens (tertiary/aromatic N) is 1. The number of morpholine rings is 1. The van der Waals surface area contributed by atoms with Crippen LogP contribution in [0, 0.1) is 5.92 Å². The molecule has 0 spiro atoms. The van der Waals surface area contributed by atoms with Crippen molar-refractivity contribution in [1.29, 1.82) is 0 Å². The molecule has 1 aromatic carbocycles. The number of methoxy groups -OCH3 is 1. The molecule has 2 N–H and O–H groups in total. The summed E-state index contributed by atoms with van der Waals surface area (Å²) in [5.74, 6) is -0.117. The molecule has 9 nitrogen and oxygen atoms in total. The quantitative estimate of drug-likeness (QED) is 0.578. The molecular weight excluding hydrogens is 410 g/mol. The summed E-state index contributed by atoms with van der Waals surface area (Å²) in [6.45, 7) is 1.75. The monoisotopic (exact) mass is 439 g/mol. The number of rotatable bonds is 8. The molecule has 1 aliphatic carbocycles. The smallest absolute Gasteiger partial charge is 0.251 e. The summed E-state index contributed by atoms with van der Waals surface area (Å²) in [4.78, 5) is 24.5. The highest BCUT2D eigenvalue weighted by Crippen LogP contribution is 2.28. The summed E-state index contributed by atoms with van der Waals surface area (Å²) >= 11 is 0. The molecule has 0 unspecified atom stereocenters. The molecule has 2 fully saturated rings. The molecule has 0 atom stereocenters. The van der Waals surface area contributed by atoms with Crippen molar-refractivity contribution in [3.63, 3.8) is 0 Å². The highest BCUT2D eigenvalue weighted by atomic mass is 32.2. The van der Waals surface area contributed by atoms with E-state index in [0.29, 0.717) is 19.8 Å². The standard InChI is InChI=1S/C20H29N3O6S/c1-28-17-7-6-16(14-18(17)30(26,27)23-10-12-29-13-11-23)20(25)22-9-8-21-19(24)15-4-2-3-5-15/h6-7,14-15H,2-5,8-13H2,1H3,(H,21,24)(H,22,25). The van der Waals surface area contributed by atoms with Crippen LogP contribution in [0.3, 0.4) is 0 Å². The fourth-order valence-corrected chi connectivity index (χ4v) is 5.33. The molecule has 1 saturated carbocycles. The second kappa shape index (κ2) is 10.2. The number of ether oxygens (including phenoxy) is 2. The lowest BCUT2D eigenvalue weighted by molar-refractivity contribution is -0.124. The summed E-state index contributed by atoms with van der Waals surface area (Å²) in [7, 11) is -2.43. The van der Waals surface area contributed by atoms with Crippen molar-refractivity contribution >= 4 is 21.8 Å². The maximum absolute atomic E-state index is 13.0. The number of sulfonamides is 1. The van der Waals surface area contributed by atoms with Crippen LogP contribution < -0.4 is 15.4 Å². The Morgan fingerprint density at radius 1 is 1.13 bits per heavy atom. The van der Waals surface area contributed by atoms with E-state index in [0.717, 1.165) is 25.7 Å². The van der Waals surface area contributed by atoms with Crippen molar-refractivity contribution in [3.8, 4) is 5.75 Å². The first kappa shape index (κ1) is 22.5. The molecule has 1 heterocycles. The van der Waals surface area contributed by atoms with Gasteiger partial charge < -0.3 is 20.1 Å². The highest BCUT2D eigenvalue weighted by Gasteiger charge is 2.30. The van der Waals surface area contributed by atoms with Crippen molar-refractivity contribution in [2.45, 2.75) is 30.6 Å². The maximum Gasteiger partial charge on any atom is 0.251 e. The summed E-state index contributed by atoms with van der Waals surface area (Å²) < 4.78 is 37.8. The lowest BCUT2D eigenvalue weighted by Gasteiger charge is -2.26. The summed E-state index contributed by atoms with van der Waals surface area (Å²) in [6.07, 6.45) is 4.01. The van der Waals surface area contributed by atoms with Crippen LogP contribution in [0.25, 0.3) is 0 Å². The van der Waals surface area contributed by atoms with Gasteiger partial charge in [-0.25, -0.2) is 8.42 Å². The molecule has 3 rings (SSSR count). The fraction of sp³-hybridized carbons (Fsp3) is 0.600. The highest BCUT2D eigenvalue weighted by molar-refractivity contribution is 7.89. The van der Waals surface area contributed by atoms with E-state index in [-0.39, 0.29) is 47.7 Å². The van der Waals surface area contributed by atoms with Gasteiger partial charge in [-0.05, 0) is 31.0 Å². The van der Waals surface area contributed by atoms with Gasteiger partial charge >= 0.3 is 0 Å². The number of hydrogen-bond acceptors (Lipinski definition) is 6. The van der Waals surface area contributed by atoms with Crippen LogP contribution in [0.5, 0.6) is 5.75 Å². The second-order valence-corrected chi connectivity index (χ2v) is 9.32. The number of carbonyl (C=O) groups is 2. The number of benzene rings is 1. The Morgan fingerprint density at radius 2 is 1.80 bits per heavy atom. The lowest BCUT2D eigenvalue weighted by Crippen LogP contribution is -2.40. The van der Waals surface area contributed by atoms with Crippen molar-refractivity contribution in [1.82, 2.24) is 14.9 Å². The Bertz CT molecular complexity index is 861. The molecule has 2 aliphatic rings. The normalized spacial score (nSPS) is 18.2. The average Bonchev–Trinajstić information content (AvgIpc) is 3.31. The molecule has 0 aromatic heterocycles. The van der Waals surface area contributed by atoms with Gasteiger partial charge in [0.15, 0.2) is 0 Å². The molecule has 1 aliphatic heterocycles. The minimum Gasteiger partial charge on any atom is -0.495 e. The Balaban J connectivity index is 1.62. The maximum atomic E-state index is 13.0. The number of hydrogen-bond donors (Lipinski definition) is 2. The van der Waals surface area contributed by atoms with Crippen molar-refractivity contribution < 1.29 is 27.5 Å². The molecule has 30 heavy (non-hydrogen) atoms. The van der Waals surface area contributed by atoms with Gasteiger partial charge in [0.2, 0.25) is 15.9 Å². The van der Waals surface area contributed by atoms with Crippen LogP contribution in [-0.2, 0) is 19.6 Å². The molecule has 166 valence electrons. The number of carbonyl (C=O) groups excluding carboxylic acids is 2. The van der Waals surface area contributed by atoms with Crippen LogP contribution >= 0.6 is 0 Å². The third kappa shape index (κ3) is 5.30. The Morgan fingerprint density at radius 3 is 2.47 bits per heavy atom. The molecule has 1 saturated heterocycles. The number of nitrogens with one attached hydrogen (secondary N) is 2. The SMILES string of the molecule is COc1ccc(C(=O)NCCNC(=O)C2CCCC2)cc1S(=O)(=O)N1CCOCC1. The van der Waals surface area contributed by atoms with Gasteiger partial charge in [-0.3, -0.25) is 9.59 Å². The number of amides is 2. The van der Waals surface area contributed by atoms with E-state index >= 15 is 0 Å². The third-order valence-corrected chi connectivity index (χ3v) is 7.37. The Hall–Kier alpha value is -2.17. The first-order chi connectivity index (χ1) is 14.4. The van der Waals surface area contributed by atoms with E-state index in [1.165, 1.54) is 29.6 Å². The molecule has 0 radical (unpaired) electrons. The van der Waals surface area contributed by atoms with E-state index in [1.54, 1.807) is 0 Å². The van der Waals surface area contributed by atoms with Gasteiger partial charge in [0, 0.05) is 37.7 Å². The van der Waals surface area contributed by atoms with Crippen molar-refractivity contribution in [2.24, 2.45) is 5.92 Å². The van der Waals surface area contributed by atoms with Gasteiger partial charge in [0.25, 0.3) is 5.91 Å². The lowest BCUT2D eigenvalue weighted by atomic mass is 10.1. The summed E-state index contributed by atoms with van der Waals surface area (Å²) in [5, 5.41) is 5.56. The zero-order valence-corrected chi connectivity index (χ0v) is 18.0. The molecule has 1 aromatic rings. The molecule has 0 bridgehead atoms. The van der Waals surface area contributed by atoms with E-state index in [9.17, 15) is 18.0 Å². The predicted molar refractivity (Wildman–Crippen MR) is 110 cm³/mol.